The van der Waals surface area contributed by atoms with E-state index in [-0.39, 0.29) is 42.1 Å². The number of imide groups is 1. The molecular formula is C19H24N2O5S2. The maximum absolute atomic E-state index is 13.1. The Balaban J connectivity index is 1.38. The topological polar surface area (TPSA) is 95.0 Å². The predicted octanol–water partition coefficient (Wildman–Crippen LogP) is 1.93. The smallest absolute Gasteiger partial charge is 0.306 e. The van der Waals surface area contributed by atoms with E-state index in [0.717, 1.165) is 19.3 Å². The molecule has 152 valence electrons. The number of aliphatic carboxylic acids is 1. The van der Waals surface area contributed by atoms with E-state index in [1.54, 1.807) is 21.6 Å². The Morgan fingerprint density at radius 3 is 2.50 bits per heavy atom. The molecule has 7 nitrogen and oxygen atoms in total. The van der Waals surface area contributed by atoms with Crippen LogP contribution in [0.4, 0.5) is 0 Å². The highest BCUT2D eigenvalue weighted by Crippen LogP contribution is 2.56. The first-order valence-corrected chi connectivity index (χ1v) is 12.1. The zero-order valence-corrected chi connectivity index (χ0v) is 17.1. The molecule has 28 heavy (non-hydrogen) atoms. The van der Waals surface area contributed by atoms with E-state index < -0.39 is 5.97 Å². The van der Waals surface area contributed by atoms with Crippen molar-refractivity contribution in [2.45, 2.75) is 55.1 Å². The van der Waals surface area contributed by atoms with Gasteiger partial charge in [0.2, 0.25) is 0 Å². The number of fused-ring (bicyclic) bond motifs is 1. The largest absolute Gasteiger partial charge is 0.481 e. The maximum Gasteiger partial charge on any atom is 0.306 e. The minimum absolute atomic E-state index is 0.166. The number of hydrogen-bond donors (Lipinski definition) is 1. The molecule has 4 rings (SSSR count). The Hall–Kier alpha value is -1.32. The molecule has 2 amide bonds. The normalized spacial score (nSPS) is 35.6. The van der Waals surface area contributed by atoms with E-state index in [1.165, 1.54) is 17.1 Å². The Bertz CT molecular complexity index is 709. The van der Waals surface area contributed by atoms with Gasteiger partial charge < -0.3 is 5.11 Å². The van der Waals surface area contributed by atoms with Gasteiger partial charge in [-0.3, -0.25) is 29.0 Å². The minimum atomic E-state index is -0.723. The second-order valence-electron chi connectivity index (χ2n) is 8.02. The number of carboxylic acid groups (broad SMARTS) is 1. The van der Waals surface area contributed by atoms with Gasteiger partial charge in [0.1, 0.15) is 5.78 Å². The van der Waals surface area contributed by atoms with Crippen molar-refractivity contribution in [3.63, 3.8) is 0 Å². The van der Waals surface area contributed by atoms with Gasteiger partial charge in [0, 0.05) is 35.6 Å². The number of rotatable bonds is 6. The van der Waals surface area contributed by atoms with Gasteiger partial charge in [0.15, 0.2) is 0 Å². The molecule has 9 heteroatoms. The van der Waals surface area contributed by atoms with Crippen molar-refractivity contribution in [3.8, 4) is 0 Å². The minimum Gasteiger partial charge on any atom is -0.481 e. The molecule has 0 aromatic rings. The summed E-state index contributed by atoms with van der Waals surface area (Å²) >= 11 is 0. The molecule has 1 aliphatic carbocycles. The van der Waals surface area contributed by atoms with Crippen LogP contribution < -0.4 is 0 Å². The van der Waals surface area contributed by atoms with E-state index in [9.17, 15) is 24.3 Å². The molecule has 3 fully saturated rings. The first-order chi connectivity index (χ1) is 13.4. The number of carbonyl (C=O) groups is 4. The zero-order valence-electron chi connectivity index (χ0n) is 15.5. The van der Waals surface area contributed by atoms with Crippen LogP contribution in [0.25, 0.3) is 0 Å². The first-order valence-electron chi connectivity index (χ1n) is 9.79. The molecule has 3 heterocycles. The summed E-state index contributed by atoms with van der Waals surface area (Å²) in [4.78, 5) is 51.3. The van der Waals surface area contributed by atoms with Crippen molar-refractivity contribution < 1.29 is 24.3 Å². The molecule has 4 unspecified atom stereocenters. The molecule has 2 saturated heterocycles. The lowest BCUT2D eigenvalue weighted by Gasteiger charge is -2.39. The molecule has 4 aliphatic rings. The highest BCUT2D eigenvalue weighted by Gasteiger charge is 2.45. The van der Waals surface area contributed by atoms with Crippen LogP contribution in [0.2, 0.25) is 0 Å². The summed E-state index contributed by atoms with van der Waals surface area (Å²) in [6.45, 7) is 0.874. The van der Waals surface area contributed by atoms with Crippen LogP contribution in [-0.2, 0) is 19.2 Å². The third kappa shape index (κ3) is 3.89. The van der Waals surface area contributed by atoms with Crippen molar-refractivity contribution in [3.05, 3.63) is 12.2 Å². The van der Waals surface area contributed by atoms with Crippen LogP contribution in [0.15, 0.2) is 12.2 Å². The summed E-state index contributed by atoms with van der Waals surface area (Å²) in [5.41, 5.74) is 0. The summed E-state index contributed by atoms with van der Waals surface area (Å²) in [6.07, 6.45) is 6.74. The summed E-state index contributed by atoms with van der Waals surface area (Å²) < 4.78 is 0. The lowest BCUT2D eigenvalue weighted by Crippen LogP contribution is -2.46. The van der Waals surface area contributed by atoms with Crippen molar-refractivity contribution in [1.82, 2.24) is 9.80 Å². The first kappa shape index (κ1) is 20.0. The predicted molar refractivity (Wildman–Crippen MR) is 106 cm³/mol. The monoisotopic (exact) mass is 424 g/mol. The van der Waals surface area contributed by atoms with E-state index >= 15 is 0 Å². The molecule has 0 spiro atoms. The fraction of sp³-hybridized carbons (Fsp3) is 0.684. The molecule has 0 bridgehead atoms. The van der Waals surface area contributed by atoms with Crippen molar-refractivity contribution >= 4 is 45.2 Å². The second-order valence-corrected chi connectivity index (χ2v) is 10.7. The van der Waals surface area contributed by atoms with Gasteiger partial charge in [-0.1, -0.05) is 21.6 Å². The average molecular weight is 425 g/mol. The number of nitrogens with zero attached hydrogens (tertiary/aromatic N) is 2. The molecule has 1 N–H and O–H groups in total. The van der Waals surface area contributed by atoms with E-state index in [4.69, 9.17) is 0 Å². The summed E-state index contributed by atoms with van der Waals surface area (Å²) in [5, 5.41) is 10.1. The van der Waals surface area contributed by atoms with Gasteiger partial charge in [-0.05, 0) is 38.0 Å². The number of Topliss-reactive ketones (excluding diaryl/α,β-unsaturated/α-hetero) is 1. The number of ketones is 1. The lowest BCUT2D eigenvalue weighted by atomic mass is 9.90. The fourth-order valence-corrected chi connectivity index (χ4v) is 8.01. The molecular weight excluding hydrogens is 400 g/mol. The SMILES string of the molecule is O=C(O)C1CCC(CC(=O)[C@@H]2CCCN2CN2C(=O)C=CC2=O)C2SSC2C1. The lowest BCUT2D eigenvalue weighted by molar-refractivity contribution is -0.142. The summed E-state index contributed by atoms with van der Waals surface area (Å²) in [6, 6.07) is -0.254. The number of hydrogen-bond acceptors (Lipinski definition) is 7. The van der Waals surface area contributed by atoms with Crippen LogP contribution in [0.1, 0.15) is 38.5 Å². The molecule has 3 aliphatic heterocycles. The molecule has 1 saturated carbocycles. The van der Waals surface area contributed by atoms with Crippen molar-refractivity contribution in [2.24, 2.45) is 11.8 Å². The Kier molecular flexibility index (Phi) is 5.85. The Labute approximate surface area is 171 Å². The van der Waals surface area contributed by atoms with E-state index in [1.807, 2.05) is 4.90 Å². The van der Waals surface area contributed by atoms with Crippen LogP contribution in [0.5, 0.6) is 0 Å². The van der Waals surface area contributed by atoms with Gasteiger partial charge >= 0.3 is 5.97 Å². The zero-order chi connectivity index (χ0) is 19.8. The van der Waals surface area contributed by atoms with E-state index in [2.05, 4.69) is 0 Å². The van der Waals surface area contributed by atoms with Crippen molar-refractivity contribution in [1.29, 1.82) is 0 Å². The quantitative estimate of drug-likeness (QED) is 0.511. The molecule has 0 aromatic heterocycles. The summed E-state index contributed by atoms with van der Waals surface area (Å²) in [5.74, 6) is -1.29. The second kappa shape index (κ2) is 8.20. The van der Waals surface area contributed by atoms with Gasteiger partial charge in [0.05, 0.1) is 18.6 Å². The van der Waals surface area contributed by atoms with Crippen LogP contribution in [-0.4, -0.2) is 68.2 Å². The van der Waals surface area contributed by atoms with Crippen LogP contribution in [0.3, 0.4) is 0 Å². The average Bonchev–Trinajstić information content (AvgIpc) is 3.19. The molecule has 0 radical (unpaired) electrons. The number of carbonyl (C=O) groups excluding carboxylic acids is 3. The highest BCUT2D eigenvalue weighted by molar-refractivity contribution is 8.80. The molecule has 0 aromatic carbocycles. The van der Waals surface area contributed by atoms with Gasteiger partial charge in [-0.15, -0.1) is 0 Å². The third-order valence-electron chi connectivity index (χ3n) is 6.30. The number of carboxylic acids is 1. The van der Waals surface area contributed by atoms with Crippen LogP contribution in [0, 0.1) is 11.8 Å². The maximum atomic E-state index is 13.1. The highest BCUT2D eigenvalue weighted by atomic mass is 33.1. The Morgan fingerprint density at radius 1 is 1.11 bits per heavy atom. The van der Waals surface area contributed by atoms with Gasteiger partial charge in [-0.25, -0.2) is 0 Å². The van der Waals surface area contributed by atoms with Crippen LogP contribution >= 0.6 is 21.6 Å². The van der Waals surface area contributed by atoms with Crippen molar-refractivity contribution in [2.75, 3.05) is 13.2 Å². The van der Waals surface area contributed by atoms with E-state index in [0.29, 0.717) is 36.3 Å². The third-order valence-corrected chi connectivity index (χ3v) is 9.99. The van der Waals surface area contributed by atoms with Gasteiger partial charge in [-0.2, -0.15) is 0 Å². The Morgan fingerprint density at radius 2 is 1.86 bits per heavy atom. The number of likely N-dealkylation sites (tertiary alicyclic amines) is 1. The molecule has 5 atom stereocenters. The summed E-state index contributed by atoms with van der Waals surface area (Å²) in [7, 11) is 3.54. The fourth-order valence-electron chi connectivity index (χ4n) is 4.68. The number of amides is 2. The standard InChI is InChI=1S/C19H24N2O5S2/c22-14(8-11-3-4-12(19(25)26)9-15-18(11)28-27-15)13-2-1-7-20(13)10-21-16(23)5-6-17(21)24/h5-6,11-13,15,18H,1-4,7-10H2,(H,25,26)/t11?,12?,13-,15?,18?/m0/s1. The van der Waals surface area contributed by atoms with Gasteiger partial charge in [0.25, 0.3) is 11.8 Å².